The molecule has 0 radical (unpaired) electrons. The number of amides is 1. The van der Waals surface area contributed by atoms with Crippen molar-refractivity contribution in [2.45, 2.75) is 0 Å². The van der Waals surface area contributed by atoms with Crippen LogP contribution in [0.25, 0.3) is 0 Å². The molecule has 6 heteroatoms. The number of halogens is 2. The summed E-state index contributed by atoms with van der Waals surface area (Å²) in [6, 6.07) is 6.23. The van der Waals surface area contributed by atoms with Crippen LogP contribution in [0.15, 0.2) is 36.7 Å². The standard InChI is InChI=1S/C12H9Cl2N3O/c13-9-5-8(15)6-10(14)11(9)17-12(18)7-1-3-16-4-2-7/h1-6H,15H2,(H,17,18). The maximum absolute atomic E-state index is 11.9. The second kappa shape index (κ2) is 5.25. The largest absolute Gasteiger partial charge is 0.399 e. The van der Waals surface area contributed by atoms with Gasteiger partial charge in [0.05, 0.1) is 15.7 Å². The summed E-state index contributed by atoms with van der Waals surface area (Å²) in [6.07, 6.45) is 3.06. The van der Waals surface area contributed by atoms with Gasteiger partial charge in [0.25, 0.3) is 5.91 Å². The Balaban J connectivity index is 2.28. The third kappa shape index (κ3) is 2.72. The van der Waals surface area contributed by atoms with E-state index in [1.807, 2.05) is 0 Å². The predicted molar refractivity (Wildman–Crippen MR) is 73.1 cm³/mol. The molecule has 3 N–H and O–H groups in total. The molecule has 0 aliphatic rings. The van der Waals surface area contributed by atoms with Crippen LogP contribution in [0.4, 0.5) is 11.4 Å². The summed E-state index contributed by atoms with van der Waals surface area (Å²) in [4.78, 5) is 15.7. The number of nitrogens with zero attached hydrogens (tertiary/aromatic N) is 1. The van der Waals surface area contributed by atoms with Crippen LogP contribution in [0.1, 0.15) is 10.4 Å². The van der Waals surface area contributed by atoms with Crippen LogP contribution in [-0.2, 0) is 0 Å². The van der Waals surface area contributed by atoms with Gasteiger partial charge in [-0.3, -0.25) is 9.78 Å². The summed E-state index contributed by atoms with van der Waals surface area (Å²) in [5.41, 5.74) is 6.83. The lowest BCUT2D eigenvalue weighted by atomic mass is 10.2. The molecular weight excluding hydrogens is 273 g/mol. The molecule has 2 rings (SSSR count). The second-order valence-corrected chi connectivity index (χ2v) is 4.36. The van der Waals surface area contributed by atoms with Gasteiger partial charge in [-0.05, 0) is 24.3 Å². The highest BCUT2D eigenvalue weighted by Gasteiger charge is 2.12. The highest BCUT2D eigenvalue weighted by Crippen LogP contribution is 2.33. The summed E-state index contributed by atoms with van der Waals surface area (Å²) < 4.78 is 0. The summed E-state index contributed by atoms with van der Waals surface area (Å²) in [6.45, 7) is 0. The zero-order valence-electron chi connectivity index (χ0n) is 9.15. The molecule has 0 spiro atoms. The third-order valence-corrected chi connectivity index (χ3v) is 2.84. The first-order valence-electron chi connectivity index (χ1n) is 5.04. The smallest absolute Gasteiger partial charge is 0.255 e. The molecule has 0 aliphatic carbocycles. The quantitative estimate of drug-likeness (QED) is 0.831. The van der Waals surface area contributed by atoms with Gasteiger partial charge >= 0.3 is 0 Å². The van der Waals surface area contributed by atoms with Gasteiger partial charge in [-0.1, -0.05) is 23.2 Å². The van der Waals surface area contributed by atoms with Gasteiger partial charge in [-0.25, -0.2) is 0 Å². The number of aromatic nitrogens is 1. The number of hydrogen-bond donors (Lipinski definition) is 2. The minimum absolute atomic E-state index is 0.294. The maximum Gasteiger partial charge on any atom is 0.255 e. The van der Waals surface area contributed by atoms with Crippen molar-refractivity contribution in [3.05, 3.63) is 52.3 Å². The number of benzene rings is 1. The molecule has 0 fully saturated rings. The first kappa shape index (κ1) is 12.7. The summed E-state index contributed by atoms with van der Waals surface area (Å²) in [7, 11) is 0. The zero-order valence-corrected chi connectivity index (χ0v) is 10.7. The molecule has 1 heterocycles. The van der Waals surface area contributed by atoms with E-state index >= 15 is 0 Å². The van der Waals surface area contributed by atoms with Gasteiger partial charge in [-0.2, -0.15) is 0 Å². The predicted octanol–water partition coefficient (Wildman–Crippen LogP) is 3.22. The molecule has 1 aromatic carbocycles. The van der Waals surface area contributed by atoms with E-state index in [9.17, 15) is 4.79 Å². The average Bonchev–Trinajstić information content (AvgIpc) is 2.34. The normalized spacial score (nSPS) is 10.1. The highest BCUT2D eigenvalue weighted by atomic mass is 35.5. The molecule has 2 aromatic rings. The molecule has 0 saturated carbocycles. The van der Waals surface area contributed by atoms with Crippen molar-refractivity contribution in [2.24, 2.45) is 0 Å². The topological polar surface area (TPSA) is 68.0 Å². The number of nitrogens with two attached hydrogens (primary N) is 1. The van der Waals surface area contributed by atoms with Gasteiger partial charge in [0.2, 0.25) is 0 Å². The van der Waals surface area contributed by atoms with Crippen molar-refractivity contribution in [3.8, 4) is 0 Å². The lowest BCUT2D eigenvalue weighted by Gasteiger charge is -2.10. The number of nitrogens with one attached hydrogen (secondary N) is 1. The van der Waals surface area contributed by atoms with Crippen molar-refractivity contribution in [1.29, 1.82) is 0 Å². The summed E-state index contributed by atoms with van der Waals surface area (Å²) >= 11 is 11.9. The van der Waals surface area contributed by atoms with E-state index < -0.39 is 0 Å². The molecule has 1 amide bonds. The van der Waals surface area contributed by atoms with Gasteiger partial charge in [0.15, 0.2) is 0 Å². The summed E-state index contributed by atoms with van der Waals surface area (Å²) in [5.74, 6) is -0.314. The Morgan fingerprint density at radius 1 is 1.17 bits per heavy atom. The number of hydrogen-bond acceptors (Lipinski definition) is 3. The van der Waals surface area contributed by atoms with E-state index in [0.29, 0.717) is 27.0 Å². The Morgan fingerprint density at radius 2 is 1.72 bits per heavy atom. The van der Waals surface area contributed by atoms with Crippen LogP contribution < -0.4 is 11.1 Å². The van der Waals surface area contributed by atoms with Crippen LogP contribution in [0.5, 0.6) is 0 Å². The lowest BCUT2D eigenvalue weighted by Crippen LogP contribution is -2.12. The Morgan fingerprint density at radius 3 is 2.28 bits per heavy atom. The van der Waals surface area contributed by atoms with Crippen LogP contribution in [-0.4, -0.2) is 10.9 Å². The fourth-order valence-corrected chi connectivity index (χ4v) is 2.00. The minimum atomic E-state index is -0.314. The molecular formula is C12H9Cl2N3O. The number of carbonyl (C=O) groups is 1. The van der Waals surface area contributed by atoms with Crippen molar-refractivity contribution >= 4 is 40.5 Å². The number of carbonyl (C=O) groups excluding carboxylic acids is 1. The first-order valence-corrected chi connectivity index (χ1v) is 5.79. The van der Waals surface area contributed by atoms with E-state index in [1.54, 1.807) is 12.1 Å². The molecule has 1 aromatic heterocycles. The van der Waals surface area contributed by atoms with Crippen LogP contribution in [0.3, 0.4) is 0 Å². The van der Waals surface area contributed by atoms with Crippen LogP contribution in [0, 0.1) is 0 Å². The molecule has 92 valence electrons. The monoisotopic (exact) mass is 281 g/mol. The maximum atomic E-state index is 11.9. The van der Waals surface area contributed by atoms with Crippen molar-refractivity contribution in [1.82, 2.24) is 4.98 Å². The molecule has 0 atom stereocenters. The van der Waals surface area contributed by atoms with Gasteiger partial charge in [0.1, 0.15) is 0 Å². The number of anilines is 2. The molecule has 0 bridgehead atoms. The molecule has 0 aliphatic heterocycles. The molecule has 0 saturated heterocycles. The Labute approximate surface area is 114 Å². The fourth-order valence-electron chi connectivity index (χ4n) is 1.40. The Kier molecular flexibility index (Phi) is 3.69. The third-order valence-electron chi connectivity index (χ3n) is 2.25. The number of pyridine rings is 1. The SMILES string of the molecule is Nc1cc(Cl)c(NC(=O)c2ccncc2)c(Cl)c1. The fraction of sp³-hybridized carbons (Fsp3) is 0. The summed E-state index contributed by atoms with van der Waals surface area (Å²) in [5, 5.41) is 3.22. The lowest BCUT2D eigenvalue weighted by molar-refractivity contribution is 0.102. The number of rotatable bonds is 2. The van der Waals surface area contributed by atoms with Crippen molar-refractivity contribution < 1.29 is 4.79 Å². The minimum Gasteiger partial charge on any atom is -0.399 e. The molecule has 18 heavy (non-hydrogen) atoms. The Hall–Kier alpha value is -1.78. The van der Waals surface area contributed by atoms with E-state index in [1.165, 1.54) is 24.5 Å². The van der Waals surface area contributed by atoms with E-state index in [2.05, 4.69) is 10.3 Å². The van der Waals surface area contributed by atoms with Crippen molar-refractivity contribution in [2.75, 3.05) is 11.1 Å². The van der Waals surface area contributed by atoms with Gasteiger partial charge in [0, 0.05) is 23.6 Å². The molecule has 0 unspecified atom stereocenters. The average molecular weight is 282 g/mol. The Bertz CT molecular complexity index is 564. The van der Waals surface area contributed by atoms with Crippen LogP contribution >= 0.6 is 23.2 Å². The van der Waals surface area contributed by atoms with Gasteiger partial charge < -0.3 is 11.1 Å². The van der Waals surface area contributed by atoms with Crippen LogP contribution in [0.2, 0.25) is 10.0 Å². The van der Waals surface area contributed by atoms with Crippen molar-refractivity contribution in [3.63, 3.8) is 0 Å². The van der Waals surface area contributed by atoms with E-state index in [4.69, 9.17) is 28.9 Å². The second-order valence-electron chi connectivity index (χ2n) is 3.55. The number of nitrogen functional groups attached to an aromatic ring is 1. The molecule has 4 nitrogen and oxygen atoms in total. The zero-order chi connectivity index (χ0) is 13.1. The van der Waals surface area contributed by atoms with Gasteiger partial charge in [-0.15, -0.1) is 0 Å². The highest BCUT2D eigenvalue weighted by molar-refractivity contribution is 6.40. The first-order chi connectivity index (χ1) is 8.58. The van der Waals surface area contributed by atoms with E-state index in [0.717, 1.165) is 0 Å². The van der Waals surface area contributed by atoms with E-state index in [-0.39, 0.29) is 5.91 Å².